The molecule has 1 N–H and O–H groups in total. The smallest absolute Gasteiger partial charge is 0.338 e. The molecule has 0 aliphatic rings. The topological polar surface area (TPSA) is 89.5 Å². The Morgan fingerprint density at radius 1 is 1.12 bits per heavy atom. The summed E-state index contributed by atoms with van der Waals surface area (Å²) in [5.74, 6) is -3.40. The maximum absolute atomic E-state index is 13.4. The summed E-state index contributed by atoms with van der Waals surface area (Å²) in [5.41, 5.74) is -0.451. The number of ether oxygens (including phenoxy) is 1. The fourth-order valence-electron chi connectivity index (χ4n) is 1.85. The number of amides is 1. The average molecular weight is 369 g/mol. The van der Waals surface area contributed by atoms with E-state index >= 15 is 0 Å². The lowest BCUT2D eigenvalue weighted by Crippen LogP contribution is -2.21. The van der Waals surface area contributed by atoms with Crippen LogP contribution < -0.4 is 5.32 Å². The molecular weight excluding hydrogens is 356 g/mol. The summed E-state index contributed by atoms with van der Waals surface area (Å²) < 4.78 is 54.1. The third-order valence-electron chi connectivity index (χ3n) is 3.03. The van der Waals surface area contributed by atoms with Gasteiger partial charge in [-0.2, -0.15) is 0 Å². The van der Waals surface area contributed by atoms with Crippen LogP contribution in [-0.4, -0.2) is 33.2 Å². The second-order valence-corrected chi connectivity index (χ2v) is 7.06. The molecule has 25 heavy (non-hydrogen) atoms. The number of carbonyl (C=O) groups is 2. The molecular formula is C16H13F2NO5S. The van der Waals surface area contributed by atoms with Crippen molar-refractivity contribution in [1.29, 1.82) is 0 Å². The lowest BCUT2D eigenvalue weighted by Gasteiger charge is -2.08. The molecule has 0 fully saturated rings. The minimum absolute atomic E-state index is 0.0624. The number of sulfone groups is 1. The molecule has 0 unspecified atom stereocenters. The fourth-order valence-corrected chi connectivity index (χ4v) is 2.51. The Kier molecular flexibility index (Phi) is 5.48. The van der Waals surface area contributed by atoms with Crippen molar-refractivity contribution >= 4 is 27.4 Å². The van der Waals surface area contributed by atoms with Crippen LogP contribution in [0.3, 0.4) is 0 Å². The molecule has 0 radical (unpaired) electrons. The zero-order valence-electron chi connectivity index (χ0n) is 13.0. The lowest BCUT2D eigenvalue weighted by atomic mass is 10.2. The number of anilines is 1. The van der Waals surface area contributed by atoms with Crippen LogP contribution in [0.2, 0.25) is 0 Å². The Hall–Kier alpha value is -2.81. The summed E-state index contributed by atoms with van der Waals surface area (Å²) in [4.78, 5) is 23.5. The van der Waals surface area contributed by atoms with Crippen molar-refractivity contribution in [3.8, 4) is 0 Å². The predicted molar refractivity (Wildman–Crippen MR) is 84.8 cm³/mol. The number of nitrogens with one attached hydrogen (secondary N) is 1. The standard InChI is InChI=1S/C16H13F2NO5S/c1-25(22,23)12-4-2-3-10(7-12)16(21)24-9-15(20)19-14-8-11(17)5-6-13(14)18/h2-8H,9H2,1H3,(H,19,20). The van der Waals surface area contributed by atoms with Crippen molar-refractivity contribution in [2.45, 2.75) is 4.90 Å². The van der Waals surface area contributed by atoms with Crippen LogP contribution in [0, 0.1) is 11.6 Å². The van der Waals surface area contributed by atoms with E-state index in [4.69, 9.17) is 4.74 Å². The van der Waals surface area contributed by atoms with Crippen LogP contribution in [0.15, 0.2) is 47.4 Å². The zero-order chi connectivity index (χ0) is 18.6. The summed E-state index contributed by atoms with van der Waals surface area (Å²) in [6.45, 7) is -0.752. The number of esters is 1. The van der Waals surface area contributed by atoms with E-state index in [0.29, 0.717) is 0 Å². The SMILES string of the molecule is CS(=O)(=O)c1cccc(C(=O)OCC(=O)Nc2cc(F)ccc2F)c1. The van der Waals surface area contributed by atoms with Crippen molar-refractivity contribution in [3.63, 3.8) is 0 Å². The van der Waals surface area contributed by atoms with Gasteiger partial charge < -0.3 is 10.1 Å². The highest BCUT2D eigenvalue weighted by Gasteiger charge is 2.15. The van der Waals surface area contributed by atoms with E-state index in [1.165, 1.54) is 18.2 Å². The minimum atomic E-state index is -3.50. The monoisotopic (exact) mass is 369 g/mol. The molecule has 0 aliphatic heterocycles. The largest absolute Gasteiger partial charge is 0.452 e. The van der Waals surface area contributed by atoms with Gasteiger partial charge in [0.1, 0.15) is 11.6 Å². The Bertz CT molecular complexity index is 928. The summed E-state index contributed by atoms with van der Waals surface area (Å²) >= 11 is 0. The number of halogens is 2. The molecule has 0 bridgehead atoms. The van der Waals surface area contributed by atoms with Crippen LogP contribution in [0.1, 0.15) is 10.4 Å². The molecule has 0 saturated carbocycles. The Morgan fingerprint density at radius 3 is 2.52 bits per heavy atom. The molecule has 9 heteroatoms. The molecule has 0 spiro atoms. The van der Waals surface area contributed by atoms with Crippen LogP contribution in [-0.2, 0) is 19.4 Å². The minimum Gasteiger partial charge on any atom is -0.452 e. The molecule has 2 aromatic carbocycles. The van der Waals surface area contributed by atoms with Gasteiger partial charge in [0.2, 0.25) is 0 Å². The molecule has 0 heterocycles. The maximum Gasteiger partial charge on any atom is 0.338 e. The first-order chi connectivity index (χ1) is 11.7. The third kappa shape index (κ3) is 5.08. The van der Waals surface area contributed by atoms with Crippen molar-refractivity contribution in [2.24, 2.45) is 0 Å². The number of rotatable bonds is 5. The van der Waals surface area contributed by atoms with Crippen molar-refractivity contribution in [2.75, 3.05) is 18.2 Å². The molecule has 132 valence electrons. The maximum atomic E-state index is 13.4. The molecule has 2 rings (SSSR count). The van der Waals surface area contributed by atoms with Crippen LogP contribution in [0.4, 0.5) is 14.5 Å². The average Bonchev–Trinajstić information content (AvgIpc) is 2.55. The number of hydrogen-bond acceptors (Lipinski definition) is 5. The first-order valence-electron chi connectivity index (χ1n) is 6.89. The molecule has 0 aromatic heterocycles. The van der Waals surface area contributed by atoms with Gasteiger partial charge in [-0.1, -0.05) is 6.07 Å². The Labute approximate surface area is 142 Å². The number of carbonyl (C=O) groups excluding carboxylic acids is 2. The summed E-state index contributed by atoms with van der Waals surface area (Å²) in [6, 6.07) is 7.61. The van der Waals surface area contributed by atoms with Crippen molar-refractivity contribution in [1.82, 2.24) is 0 Å². The van der Waals surface area contributed by atoms with Crippen LogP contribution in [0.5, 0.6) is 0 Å². The van der Waals surface area contributed by atoms with Gasteiger partial charge in [0, 0.05) is 12.3 Å². The predicted octanol–water partition coefficient (Wildman–Crippen LogP) is 2.16. The number of benzene rings is 2. The molecule has 6 nitrogen and oxygen atoms in total. The molecule has 0 atom stereocenters. The van der Waals surface area contributed by atoms with E-state index in [1.807, 2.05) is 0 Å². The molecule has 1 amide bonds. The Balaban J connectivity index is 2.00. The van der Waals surface area contributed by atoms with E-state index in [-0.39, 0.29) is 16.1 Å². The summed E-state index contributed by atoms with van der Waals surface area (Å²) in [5, 5.41) is 2.07. The normalized spacial score (nSPS) is 11.0. The van der Waals surface area contributed by atoms with Crippen LogP contribution in [0.25, 0.3) is 0 Å². The van der Waals surface area contributed by atoms with Gasteiger partial charge in [-0.25, -0.2) is 22.0 Å². The van der Waals surface area contributed by atoms with Gasteiger partial charge in [-0.3, -0.25) is 4.79 Å². The molecule has 0 aliphatic carbocycles. The van der Waals surface area contributed by atoms with Gasteiger partial charge in [0.25, 0.3) is 5.91 Å². The first-order valence-corrected chi connectivity index (χ1v) is 8.78. The van der Waals surface area contributed by atoms with Gasteiger partial charge in [0.15, 0.2) is 16.4 Å². The Morgan fingerprint density at radius 2 is 1.84 bits per heavy atom. The summed E-state index contributed by atoms with van der Waals surface area (Å²) in [6.07, 6.45) is 0.985. The second-order valence-electron chi connectivity index (χ2n) is 5.05. The molecule has 0 saturated heterocycles. The highest BCUT2D eigenvalue weighted by Crippen LogP contribution is 2.15. The van der Waals surface area contributed by atoms with Crippen molar-refractivity contribution in [3.05, 3.63) is 59.7 Å². The highest BCUT2D eigenvalue weighted by molar-refractivity contribution is 7.90. The zero-order valence-corrected chi connectivity index (χ0v) is 13.8. The fraction of sp³-hybridized carbons (Fsp3) is 0.125. The number of hydrogen-bond donors (Lipinski definition) is 1. The lowest BCUT2D eigenvalue weighted by molar-refractivity contribution is -0.119. The van der Waals surface area contributed by atoms with Gasteiger partial charge in [-0.15, -0.1) is 0 Å². The van der Waals surface area contributed by atoms with E-state index in [1.54, 1.807) is 0 Å². The van der Waals surface area contributed by atoms with E-state index < -0.39 is 40.0 Å². The second kappa shape index (κ2) is 7.39. The summed E-state index contributed by atoms with van der Waals surface area (Å²) in [7, 11) is -3.50. The van der Waals surface area contributed by atoms with Gasteiger partial charge in [0.05, 0.1) is 16.1 Å². The third-order valence-corrected chi connectivity index (χ3v) is 4.14. The van der Waals surface area contributed by atoms with Crippen molar-refractivity contribution < 1.29 is 31.5 Å². The van der Waals surface area contributed by atoms with E-state index in [9.17, 15) is 26.8 Å². The van der Waals surface area contributed by atoms with E-state index in [0.717, 1.165) is 30.5 Å². The quantitative estimate of drug-likeness (QED) is 0.816. The molecule has 2 aromatic rings. The van der Waals surface area contributed by atoms with E-state index in [2.05, 4.69) is 5.32 Å². The first kappa shape index (κ1) is 18.5. The highest BCUT2D eigenvalue weighted by atomic mass is 32.2. The van der Waals surface area contributed by atoms with Crippen LogP contribution >= 0.6 is 0 Å². The van der Waals surface area contributed by atoms with Gasteiger partial charge >= 0.3 is 5.97 Å². The van der Waals surface area contributed by atoms with Gasteiger partial charge in [-0.05, 0) is 30.3 Å².